The zero-order chi connectivity index (χ0) is 15.3. The summed E-state index contributed by atoms with van der Waals surface area (Å²) in [4.78, 5) is 9.99. The van der Waals surface area contributed by atoms with Gasteiger partial charge in [-0.05, 0) is 32.4 Å². The number of hydrogen-bond acceptors (Lipinski definition) is 5. The predicted molar refractivity (Wildman–Crippen MR) is 73.8 cm³/mol. The van der Waals surface area contributed by atoms with Crippen LogP contribution in [0.5, 0.6) is 0 Å². The predicted octanol–water partition coefficient (Wildman–Crippen LogP) is 1.38. The molecule has 0 amide bonds. The Kier molecular flexibility index (Phi) is 5.61. The molecule has 0 saturated carbocycles. The van der Waals surface area contributed by atoms with Crippen LogP contribution in [-0.2, 0) is 10.0 Å². The number of rotatable bonds is 7. The average molecular weight is 302 g/mol. The van der Waals surface area contributed by atoms with E-state index in [9.17, 15) is 18.5 Å². The highest BCUT2D eigenvalue weighted by atomic mass is 32.2. The topological polar surface area (TPSA) is 101 Å². The molecule has 0 aromatic heterocycles. The Morgan fingerprint density at radius 1 is 1.30 bits per heavy atom. The number of aliphatic hydroxyl groups is 1. The van der Waals surface area contributed by atoms with E-state index in [0.29, 0.717) is 6.42 Å². The Morgan fingerprint density at radius 3 is 2.25 bits per heavy atom. The fraction of sp³-hybridized carbons (Fsp3) is 0.500. The van der Waals surface area contributed by atoms with Crippen LogP contribution in [0.25, 0.3) is 0 Å². The Hall–Kier alpha value is -1.51. The first-order valence-corrected chi connectivity index (χ1v) is 7.62. The van der Waals surface area contributed by atoms with Crippen LogP contribution in [0.4, 0.5) is 5.69 Å². The second-order valence-electron chi connectivity index (χ2n) is 4.54. The number of sulfonamides is 1. The number of aliphatic hydroxyl groups excluding tert-OH is 1. The van der Waals surface area contributed by atoms with Gasteiger partial charge in [-0.3, -0.25) is 10.1 Å². The first kappa shape index (κ1) is 16.5. The van der Waals surface area contributed by atoms with E-state index >= 15 is 0 Å². The molecule has 0 spiro atoms. The van der Waals surface area contributed by atoms with Crippen molar-refractivity contribution in [2.45, 2.75) is 31.2 Å². The van der Waals surface area contributed by atoms with Gasteiger partial charge in [-0.2, -0.15) is 4.31 Å². The maximum Gasteiger partial charge on any atom is 0.269 e. The fourth-order valence-corrected chi connectivity index (χ4v) is 3.43. The van der Waals surface area contributed by atoms with Crippen molar-refractivity contribution in [2.24, 2.45) is 0 Å². The van der Waals surface area contributed by atoms with E-state index in [-0.39, 0.29) is 29.8 Å². The highest BCUT2D eigenvalue weighted by molar-refractivity contribution is 7.89. The lowest BCUT2D eigenvalue weighted by Crippen LogP contribution is -2.38. The quantitative estimate of drug-likeness (QED) is 0.605. The SMILES string of the molecule is CC(C)N(CCCO)S(=O)(=O)c1ccc([N+](=O)[O-])cc1. The molecule has 0 saturated heterocycles. The molecule has 1 aromatic rings. The van der Waals surface area contributed by atoms with E-state index in [4.69, 9.17) is 5.11 Å². The van der Waals surface area contributed by atoms with E-state index in [2.05, 4.69) is 0 Å². The molecule has 0 aliphatic rings. The normalized spacial score (nSPS) is 12.1. The summed E-state index contributed by atoms with van der Waals surface area (Å²) < 4.78 is 26.1. The van der Waals surface area contributed by atoms with Gasteiger partial charge in [0.1, 0.15) is 0 Å². The maximum atomic E-state index is 12.4. The summed E-state index contributed by atoms with van der Waals surface area (Å²) in [5.74, 6) is 0. The first-order chi connectivity index (χ1) is 9.30. The molecule has 0 radical (unpaired) electrons. The molecule has 0 bridgehead atoms. The zero-order valence-electron chi connectivity index (χ0n) is 11.4. The average Bonchev–Trinajstić information content (AvgIpc) is 2.38. The molecule has 0 atom stereocenters. The summed E-state index contributed by atoms with van der Waals surface area (Å²) in [7, 11) is -3.72. The van der Waals surface area contributed by atoms with E-state index in [1.54, 1.807) is 13.8 Å². The van der Waals surface area contributed by atoms with Crippen LogP contribution in [0.2, 0.25) is 0 Å². The van der Waals surface area contributed by atoms with Crippen LogP contribution >= 0.6 is 0 Å². The standard InChI is InChI=1S/C12H18N2O5S/c1-10(2)13(8-3-9-15)20(18,19)12-6-4-11(5-7-12)14(16)17/h4-7,10,15H,3,8-9H2,1-2H3. The molecule has 0 aliphatic heterocycles. The number of hydrogen-bond donors (Lipinski definition) is 1. The lowest BCUT2D eigenvalue weighted by Gasteiger charge is -2.25. The van der Waals surface area contributed by atoms with Gasteiger partial charge in [0.05, 0.1) is 9.82 Å². The van der Waals surface area contributed by atoms with Crippen LogP contribution in [0.3, 0.4) is 0 Å². The Morgan fingerprint density at radius 2 is 1.85 bits per heavy atom. The molecular formula is C12H18N2O5S. The van der Waals surface area contributed by atoms with Crippen molar-refractivity contribution >= 4 is 15.7 Å². The molecule has 1 rings (SSSR count). The number of nitro benzene ring substituents is 1. The third-order valence-electron chi connectivity index (χ3n) is 2.77. The van der Waals surface area contributed by atoms with Crippen LogP contribution in [0.1, 0.15) is 20.3 Å². The van der Waals surface area contributed by atoms with Gasteiger partial charge in [0.2, 0.25) is 10.0 Å². The molecule has 1 N–H and O–H groups in total. The van der Waals surface area contributed by atoms with Crippen molar-refractivity contribution in [3.63, 3.8) is 0 Å². The van der Waals surface area contributed by atoms with Gasteiger partial charge in [0.15, 0.2) is 0 Å². The minimum Gasteiger partial charge on any atom is -0.396 e. The van der Waals surface area contributed by atoms with Crippen molar-refractivity contribution in [2.75, 3.05) is 13.2 Å². The van der Waals surface area contributed by atoms with E-state index in [1.807, 2.05) is 0 Å². The lowest BCUT2D eigenvalue weighted by atomic mass is 10.3. The molecule has 112 valence electrons. The molecule has 0 fully saturated rings. The number of benzene rings is 1. The summed E-state index contributed by atoms with van der Waals surface area (Å²) in [5, 5.41) is 19.4. The molecule has 20 heavy (non-hydrogen) atoms. The molecule has 8 heteroatoms. The van der Waals surface area contributed by atoms with Gasteiger partial charge in [-0.1, -0.05) is 0 Å². The molecule has 7 nitrogen and oxygen atoms in total. The van der Waals surface area contributed by atoms with Crippen molar-refractivity contribution < 1.29 is 18.4 Å². The smallest absolute Gasteiger partial charge is 0.269 e. The third-order valence-corrected chi connectivity index (χ3v) is 4.86. The molecule has 0 heterocycles. The highest BCUT2D eigenvalue weighted by Gasteiger charge is 2.26. The van der Waals surface area contributed by atoms with Gasteiger partial charge in [0.25, 0.3) is 5.69 Å². The van der Waals surface area contributed by atoms with Gasteiger partial charge < -0.3 is 5.11 Å². The summed E-state index contributed by atoms with van der Waals surface area (Å²) in [6, 6.07) is 4.51. The van der Waals surface area contributed by atoms with E-state index in [0.717, 1.165) is 12.1 Å². The largest absolute Gasteiger partial charge is 0.396 e. The Labute approximate surface area is 118 Å². The van der Waals surface area contributed by atoms with Crippen molar-refractivity contribution in [1.29, 1.82) is 0 Å². The third kappa shape index (κ3) is 3.75. The first-order valence-electron chi connectivity index (χ1n) is 6.18. The van der Waals surface area contributed by atoms with Crippen LogP contribution in [0, 0.1) is 10.1 Å². The minimum absolute atomic E-state index is 0.00902. The lowest BCUT2D eigenvalue weighted by molar-refractivity contribution is -0.384. The van der Waals surface area contributed by atoms with E-state index in [1.165, 1.54) is 16.4 Å². The van der Waals surface area contributed by atoms with Crippen molar-refractivity contribution in [3.05, 3.63) is 34.4 Å². The highest BCUT2D eigenvalue weighted by Crippen LogP contribution is 2.21. The number of nitrogens with zero attached hydrogens (tertiary/aromatic N) is 2. The van der Waals surface area contributed by atoms with Crippen LogP contribution in [0.15, 0.2) is 29.2 Å². The van der Waals surface area contributed by atoms with Crippen LogP contribution < -0.4 is 0 Å². The second-order valence-corrected chi connectivity index (χ2v) is 6.43. The van der Waals surface area contributed by atoms with Gasteiger partial charge in [-0.25, -0.2) is 8.42 Å². The zero-order valence-corrected chi connectivity index (χ0v) is 12.2. The van der Waals surface area contributed by atoms with Crippen molar-refractivity contribution in [1.82, 2.24) is 4.31 Å². The molecule has 0 unspecified atom stereocenters. The van der Waals surface area contributed by atoms with E-state index < -0.39 is 14.9 Å². The minimum atomic E-state index is -3.72. The summed E-state index contributed by atoms with van der Waals surface area (Å²) >= 11 is 0. The van der Waals surface area contributed by atoms with Crippen LogP contribution in [-0.4, -0.2) is 41.9 Å². The second kappa shape index (κ2) is 6.78. The maximum absolute atomic E-state index is 12.4. The summed E-state index contributed by atoms with van der Waals surface area (Å²) in [5.41, 5.74) is -0.157. The monoisotopic (exact) mass is 302 g/mol. The number of non-ortho nitro benzene ring substituents is 1. The van der Waals surface area contributed by atoms with Gasteiger partial charge >= 0.3 is 0 Å². The number of nitro groups is 1. The molecule has 1 aromatic carbocycles. The van der Waals surface area contributed by atoms with Gasteiger partial charge in [0, 0.05) is 31.3 Å². The van der Waals surface area contributed by atoms with Crippen molar-refractivity contribution in [3.8, 4) is 0 Å². The molecular weight excluding hydrogens is 284 g/mol. The molecule has 0 aliphatic carbocycles. The fourth-order valence-electron chi connectivity index (χ4n) is 1.76. The summed E-state index contributed by atoms with van der Waals surface area (Å²) in [6.45, 7) is 3.58. The Balaban J connectivity index is 3.09. The summed E-state index contributed by atoms with van der Waals surface area (Å²) in [6.07, 6.45) is 0.338. The Bertz CT molecular complexity index is 554. The van der Waals surface area contributed by atoms with Gasteiger partial charge in [-0.15, -0.1) is 0 Å².